The van der Waals surface area contributed by atoms with Crippen LogP contribution < -0.4 is 0 Å². The number of aromatic amines is 1. The number of nitrogens with zero attached hydrogens (tertiary/aromatic N) is 3. The van der Waals surface area contributed by atoms with Crippen LogP contribution in [0.5, 0.6) is 0 Å². The smallest absolute Gasteiger partial charge is 0.134 e. The van der Waals surface area contributed by atoms with E-state index in [2.05, 4.69) is 61.7 Å². The molecule has 0 atom stereocenters. The molecule has 4 heteroatoms. The molecule has 17 heavy (non-hydrogen) atoms. The summed E-state index contributed by atoms with van der Waals surface area (Å²) in [4.78, 5) is 9.05. The number of hydrogen-bond donors (Lipinski definition) is 1. The predicted octanol–water partition coefficient (Wildman–Crippen LogP) is 2.95. The fourth-order valence-corrected chi connectivity index (χ4v) is 1.69. The maximum Gasteiger partial charge on any atom is 0.134 e. The number of nitrogens with one attached hydrogen (secondary N) is 1. The lowest BCUT2D eigenvalue weighted by atomic mass is 9.91. The van der Waals surface area contributed by atoms with Crippen LogP contribution in [0.3, 0.4) is 0 Å². The summed E-state index contributed by atoms with van der Waals surface area (Å²) in [6.07, 6.45) is 1.80. The van der Waals surface area contributed by atoms with Crippen LogP contribution in [0.1, 0.15) is 53.1 Å². The summed E-state index contributed by atoms with van der Waals surface area (Å²) in [7, 11) is 0. The quantitative estimate of drug-likeness (QED) is 0.759. The Balaban J connectivity index is 2.67. The Labute approximate surface area is 102 Å². The average Bonchev–Trinajstić information content (AvgIpc) is 2.57. The standard InChI is InChI=1S/C13H20N4/c1-12(2,3)10-9-8(16-17-10)7-14-11(15-9)13(4,5)6/h7H,1-6H3,(H,16,17). The fourth-order valence-electron chi connectivity index (χ4n) is 1.69. The maximum atomic E-state index is 4.67. The molecule has 0 amide bonds. The average molecular weight is 232 g/mol. The fraction of sp³-hybridized carbons (Fsp3) is 0.615. The van der Waals surface area contributed by atoms with Crippen molar-refractivity contribution in [2.75, 3.05) is 0 Å². The van der Waals surface area contributed by atoms with Gasteiger partial charge in [-0.2, -0.15) is 5.10 Å². The van der Waals surface area contributed by atoms with E-state index in [1.54, 1.807) is 6.20 Å². The topological polar surface area (TPSA) is 54.5 Å². The third-order valence-electron chi connectivity index (χ3n) is 2.72. The van der Waals surface area contributed by atoms with Gasteiger partial charge in [0, 0.05) is 10.8 Å². The van der Waals surface area contributed by atoms with Gasteiger partial charge in [0.05, 0.1) is 11.9 Å². The molecule has 0 aliphatic heterocycles. The van der Waals surface area contributed by atoms with Crippen LogP contribution in [-0.2, 0) is 10.8 Å². The summed E-state index contributed by atoms with van der Waals surface area (Å²) in [5, 5.41) is 7.34. The van der Waals surface area contributed by atoms with Crippen molar-refractivity contribution in [2.45, 2.75) is 52.4 Å². The lowest BCUT2D eigenvalue weighted by Crippen LogP contribution is -2.17. The molecule has 2 aromatic heterocycles. The zero-order chi connectivity index (χ0) is 12.8. The van der Waals surface area contributed by atoms with Gasteiger partial charge in [-0.25, -0.2) is 9.97 Å². The van der Waals surface area contributed by atoms with E-state index in [9.17, 15) is 0 Å². The first kappa shape index (κ1) is 12.0. The molecular formula is C13H20N4. The first-order chi connectivity index (χ1) is 7.69. The van der Waals surface area contributed by atoms with E-state index in [0.29, 0.717) is 0 Å². The molecule has 0 bridgehead atoms. The minimum Gasteiger partial charge on any atom is -0.279 e. The highest BCUT2D eigenvalue weighted by Crippen LogP contribution is 2.27. The van der Waals surface area contributed by atoms with Crippen LogP contribution in [0.15, 0.2) is 6.20 Å². The molecule has 0 spiro atoms. The van der Waals surface area contributed by atoms with E-state index >= 15 is 0 Å². The zero-order valence-electron chi connectivity index (χ0n) is 11.4. The van der Waals surface area contributed by atoms with Crippen molar-refractivity contribution in [3.63, 3.8) is 0 Å². The number of rotatable bonds is 0. The van der Waals surface area contributed by atoms with E-state index in [4.69, 9.17) is 0 Å². The van der Waals surface area contributed by atoms with Gasteiger partial charge in [0.25, 0.3) is 0 Å². The van der Waals surface area contributed by atoms with Crippen molar-refractivity contribution in [2.24, 2.45) is 0 Å². The third-order valence-corrected chi connectivity index (χ3v) is 2.72. The molecular weight excluding hydrogens is 212 g/mol. The largest absolute Gasteiger partial charge is 0.279 e. The number of aromatic nitrogens is 4. The first-order valence-corrected chi connectivity index (χ1v) is 5.91. The van der Waals surface area contributed by atoms with Crippen LogP contribution in [-0.4, -0.2) is 20.2 Å². The molecule has 2 rings (SSSR count). The first-order valence-electron chi connectivity index (χ1n) is 5.91. The van der Waals surface area contributed by atoms with Gasteiger partial charge in [0.2, 0.25) is 0 Å². The molecule has 0 unspecified atom stereocenters. The van der Waals surface area contributed by atoms with Crippen molar-refractivity contribution in [1.29, 1.82) is 0 Å². The van der Waals surface area contributed by atoms with Gasteiger partial charge in [0.1, 0.15) is 16.9 Å². The van der Waals surface area contributed by atoms with Crippen LogP contribution in [0.25, 0.3) is 11.0 Å². The Kier molecular flexibility index (Phi) is 2.49. The molecule has 0 saturated heterocycles. The summed E-state index contributed by atoms with van der Waals surface area (Å²) in [5.41, 5.74) is 2.82. The van der Waals surface area contributed by atoms with Crippen LogP contribution in [0.4, 0.5) is 0 Å². The van der Waals surface area contributed by atoms with Gasteiger partial charge in [-0.1, -0.05) is 41.5 Å². The molecule has 0 fully saturated rings. The normalized spacial score (nSPS) is 13.3. The molecule has 4 nitrogen and oxygen atoms in total. The van der Waals surface area contributed by atoms with Gasteiger partial charge >= 0.3 is 0 Å². The van der Waals surface area contributed by atoms with E-state index in [0.717, 1.165) is 22.6 Å². The monoisotopic (exact) mass is 232 g/mol. The van der Waals surface area contributed by atoms with E-state index in [1.807, 2.05) is 0 Å². The summed E-state index contributed by atoms with van der Waals surface area (Å²) in [5.74, 6) is 0.858. The molecule has 0 saturated carbocycles. The highest BCUT2D eigenvalue weighted by molar-refractivity contribution is 5.77. The van der Waals surface area contributed by atoms with Crippen molar-refractivity contribution in [3.05, 3.63) is 17.7 Å². The molecule has 0 radical (unpaired) electrons. The SMILES string of the molecule is CC(C)(C)c1ncc2n[nH]c(C(C)(C)C)c2n1. The molecule has 1 N–H and O–H groups in total. The second-order valence-corrected chi connectivity index (χ2v) is 6.53. The second-order valence-electron chi connectivity index (χ2n) is 6.53. The Hall–Kier alpha value is -1.45. The van der Waals surface area contributed by atoms with E-state index in [1.165, 1.54) is 0 Å². The third kappa shape index (κ3) is 2.16. The lowest BCUT2D eigenvalue weighted by Gasteiger charge is -2.18. The number of H-pyrrole nitrogens is 1. The van der Waals surface area contributed by atoms with Crippen molar-refractivity contribution in [1.82, 2.24) is 20.2 Å². The molecule has 0 aliphatic carbocycles. The Bertz CT molecular complexity index is 541. The Morgan fingerprint density at radius 2 is 1.65 bits per heavy atom. The molecule has 2 heterocycles. The minimum absolute atomic E-state index is 0.0122. The Morgan fingerprint density at radius 1 is 1.00 bits per heavy atom. The van der Waals surface area contributed by atoms with Crippen molar-refractivity contribution < 1.29 is 0 Å². The van der Waals surface area contributed by atoms with E-state index in [-0.39, 0.29) is 10.8 Å². The van der Waals surface area contributed by atoms with Crippen molar-refractivity contribution >= 4 is 11.0 Å². The predicted molar refractivity (Wildman–Crippen MR) is 69.1 cm³/mol. The summed E-state index contributed by atoms with van der Waals surface area (Å²) in [6.45, 7) is 12.8. The van der Waals surface area contributed by atoms with Crippen LogP contribution in [0.2, 0.25) is 0 Å². The summed E-state index contributed by atoms with van der Waals surface area (Å²) < 4.78 is 0. The van der Waals surface area contributed by atoms with Gasteiger partial charge in [0.15, 0.2) is 0 Å². The maximum absolute atomic E-state index is 4.67. The van der Waals surface area contributed by atoms with Gasteiger partial charge < -0.3 is 0 Å². The Morgan fingerprint density at radius 3 is 2.18 bits per heavy atom. The van der Waals surface area contributed by atoms with Crippen LogP contribution in [0, 0.1) is 0 Å². The second kappa shape index (κ2) is 3.52. The van der Waals surface area contributed by atoms with Crippen LogP contribution >= 0.6 is 0 Å². The molecule has 0 aliphatic rings. The highest BCUT2D eigenvalue weighted by Gasteiger charge is 2.23. The van der Waals surface area contributed by atoms with Gasteiger partial charge in [-0.3, -0.25) is 5.10 Å². The van der Waals surface area contributed by atoms with Gasteiger partial charge in [-0.15, -0.1) is 0 Å². The summed E-state index contributed by atoms with van der Waals surface area (Å²) in [6, 6.07) is 0. The molecule has 0 aromatic carbocycles. The molecule has 2 aromatic rings. The van der Waals surface area contributed by atoms with E-state index < -0.39 is 0 Å². The van der Waals surface area contributed by atoms with Crippen molar-refractivity contribution in [3.8, 4) is 0 Å². The zero-order valence-corrected chi connectivity index (χ0v) is 11.4. The number of hydrogen-bond acceptors (Lipinski definition) is 3. The molecule has 92 valence electrons. The number of fused-ring (bicyclic) bond motifs is 1. The summed E-state index contributed by atoms with van der Waals surface area (Å²) >= 11 is 0. The van der Waals surface area contributed by atoms with Gasteiger partial charge in [-0.05, 0) is 0 Å². The lowest BCUT2D eigenvalue weighted by molar-refractivity contribution is 0.545. The highest BCUT2D eigenvalue weighted by atomic mass is 15.1. The minimum atomic E-state index is -0.0411.